The SMILES string of the molecule is CCCCCC1CCC(c2ccc(C#N)cc2)C(=O)O1. The van der Waals surface area contributed by atoms with Gasteiger partial charge in [0.2, 0.25) is 0 Å². The van der Waals surface area contributed by atoms with Crippen LogP contribution in [-0.2, 0) is 9.53 Å². The molecule has 0 aromatic heterocycles. The number of rotatable bonds is 5. The molecule has 3 heteroatoms. The molecule has 1 aromatic carbocycles. The summed E-state index contributed by atoms with van der Waals surface area (Å²) in [4.78, 5) is 12.1. The largest absolute Gasteiger partial charge is 0.462 e. The second kappa shape index (κ2) is 7.09. The second-order valence-electron chi connectivity index (χ2n) is 5.42. The lowest BCUT2D eigenvalue weighted by atomic mass is 9.89. The van der Waals surface area contributed by atoms with Gasteiger partial charge in [-0.25, -0.2) is 0 Å². The number of nitrogens with zero attached hydrogens (tertiary/aromatic N) is 1. The molecule has 0 radical (unpaired) electrons. The van der Waals surface area contributed by atoms with Gasteiger partial charge in [-0.2, -0.15) is 5.26 Å². The molecule has 1 aliphatic rings. The second-order valence-corrected chi connectivity index (χ2v) is 5.42. The maximum Gasteiger partial charge on any atom is 0.313 e. The number of cyclic esters (lactones) is 1. The van der Waals surface area contributed by atoms with Crippen molar-refractivity contribution in [2.45, 2.75) is 57.5 Å². The summed E-state index contributed by atoms with van der Waals surface area (Å²) in [7, 11) is 0. The van der Waals surface area contributed by atoms with Crippen molar-refractivity contribution in [3.63, 3.8) is 0 Å². The predicted molar refractivity (Wildman–Crippen MR) is 77.2 cm³/mol. The van der Waals surface area contributed by atoms with Gasteiger partial charge in [-0.05, 0) is 43.4 Å². The number of ether oxygens (including phenoxy) is 1. The lowest BCUT2D eigenvalue weighted by Crippen LogP contribution is -2.29. The zero-order valence-electron chi connectivity index (χ0n) is 12.0. The number of benzene rings is 1. The molecular formula is C17H21NO2. The van der Waals surface area contributed by atoms with E-state index in [1.807, 2.05) is 12.1 Å². The van der Waals surface area contributed by atoms with E-state index in [9.17, 15) is 4.79 Å². The van der Waals surface area contributed by atoms with Gasteiger partial charge >= 0.3 is 5.97 Å². The van der Waals surface area contributed by atoms with Crippen molar-refractivity contribution >= 4 is 5.97 Å². The zero-order chi connectivity index (χ0) is 14.4. The third-order valence-corrected chi connectivity index (χ3v) is 3.92. The Labute approximate surface area is 120 Å². The Bertz CT molecular complexity index is 487. The molecule has 1 saturated heterocycles. The van der Waals surface area contributed by atoms with Crippen LogP contribution in [0.5, 0.6) is 0 Å². The average molecular weight is 271 g/mol. The van der Waals surface area contributed by atoms with E-state index in [1.54, 1.807) is 12.1 Å². The summed E-state index contributed by atoms with van der Waals surface area (Å²) in [5.74, 6) is -0.271. The van der Waals surface area contributed by atoms with E-state index in [0.29, 0.717) is 5.56 Å². The zero-order valence-corrected chi connectivity index (χ0v) is 12.0. The van der Waals surface area contributed by atoms with Crippen molar-refractivity contribution in [1.82, 2.24) is 0 Å². The average Bonchev–Trinajstić information content (AvgIpc) is 2.48. The van der Waals surface area contributed by atoms with Crippen molar-refractivity contribution in [2.75, 3.05) is 0 Å². The lowest BCUT2D eigenvalue weighted by Gasteiger charge is -2.28. The Balaban J connectivity index is 1.92. The molecule has 1 aliphatic heterocycles. The number of hydrogen-bond acceptors (Lipinski definition) is 3. The van der Waals surface area contributed by atoms with Crippen LogP contribution in [0.2, 0.25) is 0 Å². The summed E-state index contributed by atoms with van der Waals surface area (Å²) in [5, 5.41) is 8.79. The van der Waals surface area contributed by atoms with E-state index >= 15 is 0 Å². The van der Waals surface area contributed by atoms with E-state index in [-0.39, 0.29) is 18.0 Å². The molecule has 0 bridgehead atoms. The van der Waals surface area contributed by atoms with Crippen LogP contribution in [0.15, 0.2) is 24.3 Å². The first-order valence-corrected chi connectivity index (χ1v) is 7.45. The molecule has 20 heavy (non-hydrogen) atoms. The molecule has 1 heterocycles. The molecule has 2 rings (SSSR count). The van der Waals surface area contributed by atoms with Gasteiger partial charge in [0.15, 0.2) is 0 Å². The fraction of sp³-hybridized carbons (Fsp3) is 0.529. The molecule has 3 nitrogen and oxygen atoms in total. The third-order valence-electron chi connectivity index (χ3n) is 3.92. The molecule has 2 unspecified atom stereocenters. The Morgan fingerprint density at radius 1 is 1.25 bits per heavy atom. The number of carbonyl (C=O) groups is 1. The summed E-state index contributed by atoms with van der Waals surface area (Å²) in [5.41, 5.74) is 1.58. The van der Waals surface area contributed by atoms with Crippen LogP contribution in [0.3, 0.4) is 0 Å². The van der Waals surface area contributed by atoms with Crippen molar-refractivity contribution in [3.05, 3.63) is 35.4 Å². The highest BCUT2D eigenvalue weighted by Gasteiger charge is 2.30. The standard InChI is InChI=1S/C17H21NO2/c1-2-3-4-5-15-10-11-16(17(19)20-15)14-8-6-13(12-18)7-9-14/h6-9,15-16H,2-5,10-11H2,1H3. The molecule has 1 aromatic rings. The molecule has 106 valence electrons. The number of hydrogen-bond donors (Lipinski definition) is 0. The maximum atomic E-state index is 12.1. The van der Waals surface area contributed by atoms with Gasteiger partial charge in [0, 0.05) is 0 Å². The van der Waals surface area contributed by atoms with Crippen molar-refractivity contribution in [2.24, 2.45) is 0 Å². The fourth-order valence-corrected chi connectivity index (χ4v) is 2.69. The summed E-state index contributed by atoms with van der Waals surface area (Å²) >= 11 is 0. The summed E-state index contributed by atoms with van der Waals surface area (Å²) in [6.07, 6.45) is 6.41. The van der Waals surface area contributed by atoms with E-state index in [1.165, 1.54) is 12.8 Å². The van der Waals surface area contributed by atoms with Crippen LogP contribution in [-0.4, -0.2) is 12.1 Å². The van der Waals surface area contributed by atoms with Gasteiger partial charge < -0.3 is 4.74 Å². The van der Waals surface area contributed by atoms with Crippen LogP contribution in [0, 0.1) is 11.3 Å². The number of carbonyl (C=O) groups excluding carboxylic acids is 1. The molecule has 0 aliphatic carbocycles. The predicted octanol–water partition coefficient (Wildman–Crippen LogP) is 3.93. The quantitative estimate of drug-likeness (QED) is 0.602. The summed E-state index contributed by atoms with van der Waals surface area (Å²) in [6, 6.07) is 9.33. The van der Waals surface area contributed by atoms with Gasteiger partial charge in [0.25, 0.3) is 0 Å². The van der Waals surface area contributed by atoms with Crippen LogP contribution in [0.1, 0.15) is 62.5 Å². The molecule has 0 spiro atoms. The van der Waals surface area contributed by atoms with Gasteiger partial charge in [0.05, 0.1) is 17.6 Å². The highest BCUT2D eigenvalue weighted by Crippen LogP contribution is 2.31. The first-order valence-electron chi connectivity index (χ1n) is 7.45. The molecule has 1 fully saturated rings. The van der Waals surface area contributed by atoms with Crippen LogP contribution < -0.4 is 0 Å². The molecular weight excluding hydrogens is 250 g/mol. The van der Waals surface area contributed by atoms with Crippen LogP contribution in [0.4, 0.5) is 0 Å². The minimum absolute atomic E-state index is 0.101. The third kappa shape index (κ3) is 3.60. The normalized spacial score (nSPS) is 22.1. The Hall–Kier alpha value is -1.82. The minimum atomic E-state index is -0.162. The van der Waals surface area contributed by atoms with Crippen molar-refractivity contribution in [3.8, 4) is 6.07 Å². The van der Waals surface area contributed by atoms with Gasteiger partial charge in [-0.3, -0.25) is 4.79 Å². The van der Waals surface area contributed by atoms with Gasteiger partial charge in [0.1, 0.15) is 6.10 Å². The Morgan fingerprint density at radius 3 is 2.60 bits per heavy atom. The Kier molecular flexibility index (Phi) is 5.17. The van der Waals surface area contributed by atoms with Crippen molar-refractivity contribution in [1.29, 1.82) is 5.26 Å². The smallest absolute Gasteiger partial charge is 0.313 e. The fourth-order valence-electron chi connectivity index (χ4n) is 2.69. The topological polar surface area (TPSA) is 50.1 Å². The van der Waals surface area contributed by atoms with Crippen LogP contribution in [0.25, 0.3) is 0 Å². The van der Waals surface area contributed by atoms with Gasteiger partial charge in [-0.1, -0.05) is 31.9 Å². The number of nitriles is 1. The van der Waals surface area contributed by atoms with E-state index in [4.69, 9.17) is 10.00 Å². The van der Waals surface area contributed by atoms with E-state index < -0.39 is 0 Å². The number of esters is 1. The monoisotopic (exact) mass is 271 g/mol. The molecule has 2 atom stereocenters. The lowest BCUT2D eigenvalue weighted by molar-refractivity contribution is -0.156. The molecule has 0 N–H and O–H groups in total. The minimum Gasteiger partial charge on any atom is -0.462 e. The van der Waals surface area contributed by atoms with E-state index in [2.05, 4.69) is 13.0 Å². The maximum absolute atomic E-state index is 12.1. The van der Waals surface area contributed by atoms with Crippen molar-refractivity contribution < 1.29 is 9.53 Å². The molecule has 0 amide bonds. The highest BCUT2D eigenvalue weighted by molar-refractivity contribution is 5.79. The highest BCUT2D eigenvalue weighted by atomic mass is 16.5. The molecule has 0 saturated carbocycles. The van der Waals surface area contributed by atoms with E-state index in [0.717, 1.165) is 31.2 Å². The number of unbranched alkanes of at least 4 members (excludes halogenated alkanes) is 2. The first kappa shape index (κ1) is 14.6. The van der Waals surface area contributed by atoms with Crippen LogP contribution >= 0.6 is 0 Å². The Morgan fingerprint density at radius 2 is 2.00 bits per heavy atom. The first-order chi connectivity index (χ1) is 9.74. The summed E-state index contributed by atoms with van der Waals surface area (Å²) < 4.78 is 5.55. The van der Waals surface area contributed by atoms with Gasteiger partial charge in [-0.15, -0.1) is 0 Å². The summed E-state index contributed by atoms with van der Waals surface area (Å²) in [6.45, 7) is 2.17.